The first-order chi connectivity index (χ1) is 16.6. The van der Waals surface area contributed by atoms with Gasteiger partial charge in [-0.15, -0.1) is 0 Å². The first-order valence-electron chi connectivity index (χ1n) is 10.8. The van der Waals surface area contributed by atoms with Crippen molar-refractivity contribution in [3.8, 4) is 0 Å². The zero-order valence-corrected chi connectivity index (χ0v) is 18.9. The number of non-ortho nitro benzene ring substituents is 1. The van der Waals surface area contributed by atoms with Crippen molar-refractivity contribution in [2.45, 2.75) is 31.8 Å². The van der Waals surface area contributed by atoms with Gasteiger partial charge in [0.15, 0.2) is 0 Å². The van der Waals surface area contributed by atoms with Crippen LogP contribution in [0, 0.1) is 10.1 Å². The number of nitro groups is 1. The maximum Gasteiger partial charge on any atom is 0.326 e. The van der Waals surface area contributed by atoms with Crippen LogP contribution in [-0.4, -0.2) is 63.8 Å². The molecule has 1 aliphatic rings. The molecule has 1 heterocycles. The van der Waals surface area contributed by atoms with E-state index < -0.39 is 47.2 Å². The summed E-state index contributed by atoms with van der Waals surface area (Å²) in [5.74, 6) is -2.98. The summed E-state index contributed by atoms with van der Waals surface area (Å²) in [4.78, 5) is 63.2. The Bertz CT molecular complexity index is 1150. The fourth-order valence-electron chi connectivity index (χ4n) is 4.00. The minimum Gasteiger partial charge on any atom is -0.480 e. The molecule has 12 heteroatoms. The van der Waals surface area contributed by atoms with Gasteiger partial charge in [0.05, 0.1) is 17.0 Å². The number of anilines is 2. The third kappa shape index (κ3) is 5.54. The Balaban J connectivity index is 1.85. The quantitative estimate of drug-likeness (QED) is 0.287. The van der Waals surface area contributed by atoms with Crippen molar-refractivity contribution in [3.05, 3.63) is 64.2 Å². The number of carboxylic acid groups (broad SMARTS) is 1. The van der Waals surface area contributed by atoms with Crippen LogP contribution in [0.4, 0.5) is 17.1 Å². The summed E-state index contributed by atoms with van der Waals surface area (Å²) < 4.78 is 0. The van der Waals surface area contributed by atoms with Gasteiger partial charge in [-0.2, -0.15) is 0 Å². The van der Waals surface area contributed by atoms with E-state index in [0.717, 1.165) is 4.90 Å². The molecule has 2 aromatic rings. The fourth-order valence-corrected chi connectivity index (χ4v) is 4.00. The topological polar surface area (TPSA) is 176 Å². The number of carbonyl (C=O) groups excluding carboxylic acids is 3. The molecule has 1 saturated heterocycles. The van der Waals surface area contributed by atoms with Crippen molar-refractivity contribution in [2.75, 3.05) is 23.7 Å². The molecule has 0 saturated carbocycles. The average molecular weight is 483 g/mol. The van der Waals surface area contributed by atoms with E-state index in [9.17, 15) is 34.4 Å². The Hall–Kier alpha value is -4.48. The fraction of sp³-hybridized carbons (Fsp3) is 0.304. The Kier molecular flexibility index (Phi) is 7.64. The second-order valence-corrected chi connectivity index (χ2v) is 8.01. The van der Waals surface area contributed by atoms with Crippen molar-refractivity contribution < 1.29 is 29.2 Å². The Morgan fingerprint density at radius 2 is 1.86 bits per heavy atom. The molecule has 3 amide bonds. The minimum atomic E-state index is -1.14. The van der Waals surface area contributed by atoms with Crippen LogP contribution in [0.25, 0.3) is 0 Å². The first kappa shape index (κ1) is 25.1. The van der Waals surface area contributed by atoms with Gasteiger partial charge in [0.1, 0.15) is 12.1 Å². The van der Waals surface area contributed by atoms with E-state index in [-0.39, 0.29) is 29.2 Å². The van der Waals surface area contributed by atoms with Crippen LogP contribution >= 0.6 is 0 Å². The summed E-state index contributed by atoms with van der Waals surface area (Å²) in [5, 5.41) is 22.9. The van der Waals surface area contributed by atoms with E-state index in [4.69, 9.17) is 5.73 Å². The van der Waals surface area contributed by atoms with Gasteiger partial charge in [-0.05, 0) is 44.0 Å². The molecule has 3 rings (SSSR count). The predicted octanol–water partition coefficient (Wildman–Crippen LogP) is 1.40. The van der Waals surface area contributed by atoms with E-state index in [2.05, 4.69) is 5.32 Å². The van der Waals surface area contributed by atoms with Crippen molar-refractivity contribution in [1.82, 2.24) is 10.2 Å². The molecule has 0 aliphatic carbocycles. The molecule has 0 spiro atoms. The van der Waals surface area contributed by atoms with Crippen LogP contribution in [0.3, 0.4) is 0 Å². The molecule has 1 aliphatic heterocycles. The number of nitro benzene ring substituents is 1. The van der Waals surface area contributed by atoms with E-state index in [1.54, 1.807) is 12.1 Å². The van der Waals surface area contributed by atoms with Crippen LogP contribution in [0.1, 0.15) is 30.1 Å². The lowest BCUT2D eigenvalue weighted by molar-refractivity contribution is -0.384. The van der Waals surface area contributed by atoms with E-state index in [1.807, 2.05) is 0 Å². The summed E-state index contributed by atoms with van der Waals surface area (Å²) in [6.45, 7) is 1.17. The molecule has 4 N–H and O–H groups in total. The van der Waals surface area contributed by atoms with Crippen molar-refractivity contribution in [1.29, 1.82) is 0 Å². The first-order valence-corrected chi connectivity index (χ1v) is 10.8. The van der Waals surface area contributed by atoms with Crippen LogP contribution in [-0.2, 0) is 14.4 Å². The molecule has 0 radical (unpaired) electrons. The Morgan fingerprint density at radius 3 is 2.46 bits per heavy atom. The number of nitrogen functional groups attached to an aromatic ring is 1. The monoisotopic (exact) mass is 483 g/mol. The number of aliphatic carboxylic acids is 1. The normalized spacial score (nSPS) is 15.8. The Morgan fingerprint density at radius 1 is 1.20 bits per heavy atom. The molecular weight excluding hydrogens is 458 g/mol. The number of carbonyl (C=O) groups is 4. The maximum atomic E-state index is 13.2. The molecular formula is C23H25N5O7. The Labute approximate surface area is 200 Å². The van der Waals surface area contributed by atoms with Crippen LogP contribution < -0.4 is 16.0 Å². The summed E-state index contributed by atoms with van der Waals surface area (Å²) in [5.41, 5.74) is 6.17. The number of benzene rings is 2. The van der Waals surface area contributed by atoms with Gasteiger partial charge in [0.25, 0.3) is 11.6 Å². The van der Waals surface area contributed by atoms with Crippen molar-refractivity contribution in [3.63, 3.8) is 0 Å². The number of rotatable bonds is 8. The van der Waals surface area contributed by atoms with Gasteiger partial charge < -0.3 is 21.1 Å². The lowest BCUT2D eigenvalue weighted by Gasteiger charge is -2.32. The molecule has 184 valence electrons. The lowest BCUT2D eigenvalue weighted by Crippen LogP contribution is -2.54. The number of nitrogens with one attached hydrogen (secondary N) is 1. The molecule has 2 aromatic carbocycles. The van der Waals surface area contributed by atoms with Crippen LogP contribution in [0.5, 0.6) is 0 Å². The molecule has 2 unspecified atom stereocenters. The highest BCUT2D eigenvalue weighted by Gasteiger charge is 2.39. The smallest absolute Gasteiger partial charge is 0.326 e. The van der Waals surface area contributed by atoms with E-state index in [0.29, 0.717) is 12.8 Å². The summed E-state index contributed by atoms with van der Waals surface area (Å²) in [6.07, 6.45) is 0.809. The maximum absolute atomic E-state index is 13.2. The van der Waals surface area contributed by atoms with Crippen LogP contribution in [0.15, 0.2) is 48.5 Å². The van der Waals surface area contributed by atoms with Gasteiger partial charge in [0, 0.05) is 30.1 Å². The van der Waals surface area contributed by atoms with Gasteiger partial charge in [-0.1, -0.05) is 12.1 Å². The van der Waals surface area contributed by atoms with Gasteiger partial charge >= 0.3 is 5.97 Å². The molecule has 1 fully saturated rings. The number of nitrogens with two attached hydrogens (primary N) is 1. The molecule has 2 atom stereocenters. The van der Waals surface area contributed by atoms with E-state index in [1.165, 1.54) is 48.2 Å². The molecule has 0 bridgehead atoms. The predicted molar refractivity (Wildman–Crippen MR) is 126 cm³/mol. The largest absolute Gasteiger partial charge is 0.480 e. The summed E-state index contributed by atoms with van der Waals surface area (Å²) in [6, 6.07) is 9.17. The number of para-hydroxylation sites is 1. The second kappa shape index (κ2) is 10.6. The lowest BCUT2D eigenvalue weighted by atomic mass is 10.1. The molecule has 0 aromatic heterocycles. The standard InChI is InChI=1S/C23H25N5O7/c1-14(22(31)26-12-4-7-19(26)23(32)33)27(15-8-10-16(11-9-15)28(34)35)20(29)13-25-21(30)17-5-2-3-6-18(17)24/h2-3,5-6,8-11,14,19H,4,7,12-13,24H2,1H3,(H,25,30)(H,32,33). The van der Waals surface area contributed by atoms with Crippen LogP contribution in [0.2, 0.25) is 0 Å². The average Bonchev–Trinajstić information content (AvgIpc) is 3.33. The third-order valence-electron chi connectivity index (χ3n) is 5.78. The van der Waals surface area contributed by atoms with Gasteiger partial charge in [0.2, 0.25) is 11.8 Å². The zero-order valence-electron chi connectivity index (χ0n) is 18.9. The number of hydrogen-bond acceptors (Lipinski definition) is 7. The number of carboxylic acids is 1. The SMILES string of the molecule is CC(C(=O)N1CCCC1C(=O)O)N(C(=O)CNC(=O)c1ccccc1N)c1ccc([N+](=O)[O-])cc1. The summed E-state index contributed by atoms with van der Waals surface area (Å²) in [7, 11) is 0. The molecule has 12 nitrogen and oxygen atoms in total. The van der Waals surface area contributed by atoms with E-state index >= 15 is 0 Å². The highest BCUT2D eigenvalue weighted by atomic mass is 16.6. The number of hydrogen-bond donors (Lipinski definition) is 3. The van der Waals surface area contributed by atoms with Gasteiger partial charge in [-0.3, -0.25) is 29.4 Å². The van der Waals surface area contributed by atoms with Gasteiger partial charge in [-0.25, -0.2) is 4.79 Å². The number of amides is 3. The third-order valence-corrected chi connectivity index (χ3v) is 5.78. The highest BCUT2D eigenvalue weighted by Crippen LogP contribution is 2.25. The van der Waals surface area contributed by atoms with Crippen molar-refractivity contribution >= 4 is 40.8 Å². The minimum absolute atomic E-state index is 0.174. The summed E-state index contributed by atoms with van der Waals surface area (Å²) >= 11 is 0. The van der Waals surface area contributed by atoms with Crippen molar-refractivity contribution in [2.24, 2.45) is 0 Å². The second-order valence-electron chi connectivity index (χ2n) is 8.01. The zero-order chi connectivity index (χ0) is 25.7. The highest BCUT2D eigenvalue weighted by molar-refractivity contribution is 6.05. The number of nitrogens with zero attached hydrogens (tertiary/aromatic N) is 3. The number of likely N-dealkylation sites (tertiary alicyclic amines) is 1. The molecule has 35 heavy (non-hydrogen) atoms.